The molecule has 4 heteroatoms. The van der Waals surface area contributed by atoms with E-state index in [1.165, 1.54) is 12.1 Å². The number of aliphatic hydroxyl groups excluding tert-OH is 1. The molecule has 1 aromatic rings. The maximum absolute atomic E-state index is 12.7. The van der Waals surface area contributed by atoms with E-state index in [2.05, 4.69) is 5.32 Å². The number of aliphatic hydroxyl groups is 1. The Morgan fingerprint density at radius 3 is 2.47 bits per heavy atom. The Balaban J connectivity index is 2.40. The molecule has 0 spiro atoms. The maximum Gasteiger partial charge on any atom is 0.220 e. The third kappa shape index (κ3) is 5.83. The number of halogens is 1. The smallest absolute Gasteiger partial charge is 0.220 e. The topological polar surface area (TPSA) is 49.3 Å². The first-order valence-electron chi connectivity index (χ1n) is 6.67. The van der Waals surface area contributed by atoms with E-state index in [4.69, 9.17) is 5.11 Å². The lowest BCUT2D eigenvalue weighted by molar-refractivity contribution is -0.122. The number of benzene rings is 1. The molecule has 0 fully saturated rings. The molecule has 0 aromatic heterocycles. The summed E-state index contributed by atoms with van der Waals surface area (Å²) in [6, 6.07) is 6.18. The molecule has 1 aromatic carbocycles. The van der Waals surface area contributed by atoms with Gasteiger partial charge in [0.05, 0.1) is 0 Å². The summed E-state index contributed by atoms with van der Waals surface area (Å²) < 4.78 is 12.7. The first-order chi connectivity index (χ1) is 9.02. The Morgan fingerprint density at radius 1 is 1.32 bits per heavy atom. The Morgan fingerprint density at radius 2 is 1.95 bits per heavy atom. The van der Waals surface area contributed by atoms with E-state index >= 15 is 0 Å². The number of hydrogen-bond acceptors (Lipinski definition) is 2. The van der Waals surface area contributed by atoms with Gasteiger partial charge in [-0.15, -0.1) is 0 Å². The molecule has 0 saturated carbocycles. The quantitative estimate of drug-likeness (QED) is 0.796. The van der Waals surface area contributed by atoms with Crippen LogP contribution < -0.4 is 5.32 Å². The van der Waals surface area contributed by atoms with Crippen molar-refractivity contribution in [2.45, 2.75) is 39.2 Å². The molecule has 1 amide bonds. The predicted molar refractivity (Wildman–Crippen MR) is 73.2 cm³/mol. The van der Waals surface area contributed by atoms with Crippen LogP contribution in [-0.2, 0) is 11.2 Å². The highest BCUT2D eigenvalue weighted by molar-refractivity contribution is 5.76. The summed E-state index contributed by atoms with van der Waals surface area (Å²) in [6.45, 7) is 4.10. The minimum atomic E-state index is -0.268. The number of rotatable bonds is 7. The fraction of sp³-hybridized carbons (Fsp3) is 0.533. The largest absolute Gasteiger partial charge is 0.396 e. The molecular formula is C15H22FNO2. The molecule has 0 aliphatic rings. The monoisotopic (exact) mass is 267 g/mol. The van der Waals surface area contributed by atoms with E-state index in [1.54, 1.807) is 12.1 Å². The average Bonchev–Trinajstić information content (AvgIpc) is 2.37. The van der Waals surface area contributed by atoms with E-state index in [1.807, 2.05) is 13.8 Å². The van der Waals surface area contributed by atoms with Crippen LogP contribution in [-0.4, -0.2) is 23.7 Å². The number of nitrogens with one attached hydrogen (secondary N) is 1. The molecule has 106 valence electrons. The highest BCUT2D eigenvalue weighted by atomic mass is 19.1. The lowest BCUT2D eigenvalue weighted by atomic mass is 10.0. The van der Waals surface area contributed by atoms with Gasteiger partial charge in [-0.25, -0.2) is 4.39 Å². The molecule has 1 rings (SSSR count). The van der Waals surface area contributed by atoms with Crippen molar-refractivity contribution in [2.24, 2.45) is 5.92 Å². The summed E-state index contributed by atoms with van der Waals surface area (Å²) in [5.74, 6) is -0.00517. The summed E-state index contributed by atoms with van der Waals surface area (Å²) in [7, 11) is 0. The fourth-order valence-electron chi connectivity index (χ4n) is 1.90. The van der Waals surface area contributed by atoms with Gasteiger partial charge in [0, 0.05) is 19.1 Å². The molecule has 1 unspecified atom stereocenters. The van der Waals surface area contributed by atoms with Crippen molar-refractivity contribution in [1.29, 1.82) is 0 Å². The van der Waals surface area contributed by atoms with Crippen molar-refractivity contribution in [2.75, 3.05) is 6.61 Å². The summed E-state index contributed by atoms with van der Waals surface area (Å²) in [4.78, 5) is 11.8. The van der Waals surface area contributed by atoms with E-state index in [0.29, 0.717) is 25.2 Å². The highest BCUT2D eigenvalue weighted by Crippen LogP contribution is 2.08. The fourth-order valence-corrected chi connectivity index (χ4v) is 1.90. The van der Waals surface area contributed by atoms with Crippen LogP contribution in [0, 0.1) is 11.7 Å². The number of carbonyl (C=O) groups excluding carboxylic acids is 1. The molecular weight excluding hydrogens is 245 g/mol. The number of aryl methyl sites for hydroxylation is 1. The molecule has 0 saturated heterocycles. The predicted octanol–water partition coefficient (Wildman–Crippen LogP) is 2.28. The van der Waals surface area contributed by atoms with Crippen LogP contribution in [0.2, 0.25) is 0 Å². The molecule has 0 heterocycles. The molecule has 0 bridgehead atoms. The Hall–Kier alpha value is -1.42. The van der Waals surface area contributed by atoms with Crippen molar-refractivity contribution in [3.05, 3.63) is 35.6 Å². The van der Waals surface area contributed by atoms with Crippen LogP contribution in [0.1, 0.15) is 32.3 Å². The lowest BCUT2D eigenvalue weighted by Gasteiger charge is -2.21. The van der Waals surface area contributed by atoms with Crippen LogP contribution in [0.25, 0.3) is 0 Å². The minimum absolute atomic E-state index is 0.00529. The zero-order valence-corrected chi connectivity index (χ0v) is 11.5. The Bertz CT molecular complexity index is 390. The van der Waals surface area contributed by atoms with Gasteiger partial charge >= 0.3 is 0 Å². The van der Waals surface area contributed by atoms with Crippen molar-refractivity contribution in [1.82, 2.24) is 5.32 Å². The summed E-state index contributed by atoms with van der Waals surface area (Å²) in [6.07, 6.45) is 1.54. The first kappa shape index (κ1) is 15.6. The summed E-state index contributed by atoms with van der Waals surface area (Å²) in [5.41, 5.74) is 0.944. The Labute approximate surface area is 113 Å². The highest BCUT2D eigenvalue weighted by Gasteiger charge is 2.15. The molecule has 1 atom stereocenters. The lowest BCUT2D eigenvalue weighted by Crippen LogP contribution is -2.39. The minimum Gasteiger partial charge on any atom is -0.396 e. The number of hydrogen-bond donors (Lipinski definition) is 2. The Kier molecular flexibility index (Phi) is 6.50. The summed E-state index contributed by atoms with van der Waals surface area (Å²) in [5, 5.41) is 11.9. The standard InChI is InChI=1S/C15H22FNO2/c1-11(2)14(9-10-18)17-15(19)8-5-12-3-6-13(16)7-4-12/h3-4,6-7,11,14,18H,5,8-10H2,1-2H3,(H,17,19). The van der Waals surface area contributed by atoms with Gasteiger partial charge in [0.2, 0.25) is 5.91 Å². The SMILES string of the molecule is CC(C)C(CCO)NC(=O)CCc1ccc(F)cc1. The first-order valence-corrected chi connectivity index (χ1v) is 6.67. The van der Waals surface area contributed by atoms with Gasteiger partial charge in [-0.05, 0) is 36.5 Å². The molecule has 0 aliphatic heterocycles. The van der Waals surface area contributed by atoms with Crippen molar-refractivity contribution < 1.29 is 14.3 Å². The van der Waals surface area contributed by atoms with E-state index in [9.17, 15) is 9.18 Å². The van der Waals surface area contributed by atoms with Gasteiger partial charge in [-0.2, -0.15) is 0 Å². The third-order valence-electron chi connectivity index (χ3n) is 3.15. The van der Waals surface area contributed by atoms with Crippen molar-refractivity contribution in [3.63, 3.8) is 0 Å². The number of carbonyl (C=O) groups is 1. The molecule has 3 nitrogen and oxygen atoms in total. The van der Waals surface area contributed by atoms with E-state index in [-0.39, 0.29) is 24.4 Å². The van der Waals surface area contributed by atoms with E-state index in [0.717, 1.165) is 5.56 Å². The second-order valence-corrected chi connectivity index (χ2v) is 5.06. The number of amides is 1. The van der Waals surface area contributed by atoms with E-state index < -0.39 is 0 Å². The molecule has 2 N–H and O–H groups in total. The van der Waals surface area contributed by atoms with Crippen LogP contribution in [0.5, 0.6) is 0 Å². The average molecular weight is 267 g/mol. The van der Waals surface area contributed by atoms with Crippen LogP contribution >= 0.6 is 0 Å². The molecule has 0 aliphatic carbocycles. The normalized spacial score (nSPS) is 12.5. The zero-order chi connectivity index (χ0) is 14.3. The van der Waals surface area contributed by atoms with Gasteiger partial charge in [0.15, 0.2) is 0 Å². The maximum atomic E-state index is 12.7. The zero-order valence-electron chi connectivity index (χ0n) is 11.5. The third-order valence-corrected chi connectivity index (χ3v) is 3.15. The van der Waals surface area contributed by atoms with Crippen molar-refractivity contribution in [3.8, 4) is 0 Å². The van der Waals surface area contributed by atoms with Gasteiger partial charge in [0.1, 0.15) is 5.82 Å². The molecule has 19 heavy (non-hydrogen) atoms. The van der Waals surface area contributed by atoms with Crippen molar-refractivity contribution >= 4 is 5.91 Å². The van der Waals surface area contributed by atoms with Gasteiger partial charge in [-0.1, -0.05) is 26.0 Å². The van der Waals surface area contributed by atoms with Gasteiger partial charge in [-0.3, -0.25) is 4.79 Å². The van der Waals surface area contributed by atoms with Crippen LogP contribution in [0.15, 0.2) is 24.3 Å². The molecule has 0 radical (unpaired) electrons. The second kappa shape index (κ2) is 7.89. The summed E-state index contributed by atoms with van der Waals surface area (Å²) >= 11 is 0. The van der Waals surface area contributed by atoms with Crippen LogP contribution in [0.4, 0.5) is 4.39 Å². The van der Waals surface area contributed by atoms with Gasteiger partial charge in [0.25, 0.3) is 0 Å². The second-order valence-electron chi connectivity index (χ2n) is 5.06. The van der Waals surface area contributed by atoms with Gasteiger partial charge < -0.3 is 10.4 Å². The van der Waals surface area contributed by atoms with Crippen LogP contribution in [0.3, 0.4) is 0 Å².